The van der Waals surface area contributed by atoms with Crippen molar-refractivity contribution in [2.75, 3.05) is 18.5 Å². The lowest BCUT2D eigenvalue weighted by atomic mass is 10.1. The molecule has 1 heterocycles. The highest BCUT2D eigenvalue weighted by atomic mass is 15.2. The summed E-state index contributed by atoms with van der Waals surface area (Å²) in [6.07, 6.45) is 0. The quantitative estimate of drug-likeness (QED) is 0.871. The van der Waals surface area contributed by atoms with Gasteiger partial charge in [0.05, 0.1) is 6.54 Å². The van der Waals surface area contributed by atoms with E-state index in [0.717, 1.165) is 6.54 Å². The van der Waals surface area contributed by atoms with Crippen LogP contribution < -0.4 is 11.5 Å². The molecule has 1 aromatic heterocycles. The molecule has 0 radical (unpaired) electrons. The van der Waals surface area contributed by atoms with Crippen molar-refractivity contribution in [3.8, 4) is 0 Å². The van der Waals surface area contributed by atoms with Crippen molar-refractivity contribution < 1.29 is 0 Å². The van der Waals surface area contributed by atoms with Gasteiger partial charge in [-0.25, -0.2) is 0 Å². The van der Waals surface area contributed by atoms with Crippen molar-refractivity contribution in [2.45, 2.75) is 26.9 Å². The fraction of sp³-hybridized carbons (Fsp3) is 0.357. The van der Waals surface area contributed by atoms with Gasteiger partial charge in [0.2, 0.25) is 11.9 Å². The smallest absolute Gasteiger partial charge is 0.225 e. The lowest BCUT2D eigenvalue weighted by Gasteiger charge is -2.17. The number of aromatic nitrogens is 3. The molecule has 106 valence electrons. The molecule has 0 fully saturated rings. The van der Waals surface area contributed by atoms with Gasteiger partial charge in [0.25, 0.3) is 0 Å². The molecule has 0 aliphatic carbocycles. The Labute approximate surface area is 118 Å². The first-order chi connectivity index (χ1) is 9.44. The minimum absolute atomic E-state index is 0.160. The van der Waals surface area contributed by atoms with Gasteiger partial charge in [-0.1, -0.05) is 23.8 Å². The summed E-state index contributed by atoms with van der Waals surface area (Å²) >= 11 is 0. The molecule has 6 nitrogen and oxygen atoms in total. The number of rotatable bonds is 4. The highest BCUT2D eigenvalue weighted by Crippen LogP contribution is 2.13. The Morgan fingerprint density at radius 1 is 1.00 bits per heavy atom. The topological polar surface area (TPSA) is 94.0 Å². The van der Waals surface area contributed by atoms with E-state index < -0.39 is 0 Å². The van der Waals surface area contributed by atoms with Crippen LogP contribution in [0.3, 0.4) is 0 Å². The molecule has 6 heteroatoms. The standard InChI is InChI=1S/C14H20N6/c1-9-4-5-11(10(2)6-9)7-20(3)8-12-17-13(15)19-14(16)18-12/h4-6H,7-8H2,1-3H3,(H4,15,16,17,18,19). The molecule has 2 rings (SSSR count). The van der Waals surface area contributed by atoms with E-state index in [-0.39, 0.29) is 11.9 Å². The Balaban J connectivity index is 2.06. The second kappa shape index (κ2) is 5.83. The first-order valence-corrected chi connectivity index (χ1v) is 6.44. The maximum atomic E-state index is 5.57. The maximum Gasteiger partial charge on any atom is 0.225 e. The van der Waals surface area contributed by atoms with Gasteiger partial charge in [-0.15, -0.1) is 0 Å². The molecule has 0 aliphatic rings. The third-order valence-corrected chi connectivity index (χ3v) is 3.07. The minimum atomic E-state index is 0.160. The van der Waals surface area contributed by atoms with Crippen LogP contribution in [0.4, 0.5) is 11.9 Å². The fourth-order valence-electron chi connectivity index (χ4n) is 2.14. The number of nitrogens with two attached hydrogens (primary N) is 2. The Morgan fingerprint density at radius 2 is 1.65 bits per heavy atom. The Hall–Kier alpha value is -2.21. The van der Waals surface area contributed by atoms with Crippen LogP contribution in [0.2, 0.25) is 0 Å². The first-order valence-electron chi connectivity index (χ1n) is 6.44. The lowest BCUT2D eigenvalue weighted by molar-refractivity contribution is 0.310. The predicted octanol–water partition coefficient (Wildman–Crippen LogP) is 1.28. The first kappa shape index (κ1) is 14.2. The molecule has 1 aromatic carbocycles. The number of anilines is 2. The summed E-state index contributed by atoms with van der Waals surface area (Å²) in [6.45, 7) is 5.60. The van der Waals surface area contributed by atoms with Crippen molar-refractivity contribution >= 4 is 11.9 Å². The Morgan fingerprint density at radius 3 is 2.25 bits per heavy atom. The largest absolute Gasteiger partial charge is 0.368 e. The van der Waals surface area contributed by atoms with Crippen LogP contribution in [0.15, 0.2) is 18.2 Å². The van der Waals surface area contributed by atoms with E-state index in [2.05, 4.69) is 51.9 Å². The molecular formula is C14H20N6. The number of nitrogens with zero attached hydrogens (tertiary/aromatic N) is 4. The molecule has 2 aromatic rings. The molecule has 0 bridgehead atoms. The summed E-state index contributed by atoms with van der Waals surface area (Å²) < 4.78 is 0. The average Bonchev–Trinajstić information content (AvgIpc) is 2.31. The molecule has 0 spiro atoms. The van der Waals surface area contributed by atoms with Crippen LogP contribution >= 0.6 is 0 Å². The normalized spacial score (nSPS) is 11.0. The highest BCUT2D eigenvalue weighted by Gasteiger charge is 2.08. The summed E-state index contributed by atoms with van der Waals surface area (Å²) in [5.74, 6) is 0.905. The summed E-state index contributed by atoms with van der Waals surface area (Å²) in [5.41, 5.74) is 15.0. The number of hydrogen-bond donors (Lipinski definition) is 2. The second-order valence-electron chi connectivity index (χ2n) is 5.07. The van der Waals surface area contributed by atoms with E-state index >= 15 is 0 Å². The van der Waals surface area contributed by atoms with Gasteiger partial charge < -0.3 is 11.5 Å². The van der Waals surface area contributed by atoms with Crippen molar-refractivity contribution in [2.24, 2.45) is 0 Å². The lowest BCUT2D eigenvalue weighted by Crippen LogP contribution is -2.20. The Bertz CT molecular complexity index is 590. The van der Waals surface area contributed by atoms with E-state index in [1.807, 2.05) is 7.05 Å². The van der Waals surface area contributed by atoms with Gasteiger partial charge in [-0.05, 0) is 32.0 Å². The van der Waals surface area contributed by atoms with E-state index in [1.165, 1.54) is 16.7 Å². The zero-order chi connectivity index (χ0) is 14.7. The van der Waals surface area contributed by atoms with Gasteiger partial charge in [-0.3, -0.25) is 4.90 Å². The molecule has 0 saturated carbocycles. The minimum Gasteiger partial charge on any atom is -0.368 e. The zero-order valence-electron chi connectivity index (χ0n) is 12.1. The summed E-state index contributed by atoms with van der Waals surface area (Å²) in [7, 11) is 2.01. The molecular weight excluding hydrogens is 252 g/mol. The molecule has 0 amide bonds. The van der Waals surface area contributed by atoms with Crippen LogP contribution in [0, 0.1) is 13.8 Å². The second-order valence-corrected chi connectivity index (χ2v) is 5.07. The van der Waals surface area contributed by atoms with Crippen LogP contribution in [-0.4, -0.2) is 26.9 Å². The van der Waals surface area contributed by atoms with Gasteiger partial charge in [0.1, 0.15) is 5.82 Å². The van der Waals surface area contributed by atoms with Gasteiger partial charge >= 0.3 is 0 Å². The molecule has 0 saturated heterocycles. The van der Waals surface area contributed by atoms with E-state index in [0.29, 0.717) is 12.4 Å². The summed E-state index contributed by atoms with van der Waals surface area (Å²) in [6, 6.07) is 6.45. The van der Waals surface area contributed by atoms with Crippen molar-refractivity contribution in [3.05, 3.63) is 40.7 Å². The van der Waals surface area contributed by atoms with Crippen molar-refractivity contribution in [1.82, 2.24) is 19.9 Å². The van der Waals surface area contributed by atoms with E-state index in [4.69, 9.17) is 11.5 Å². The number of nitrogen functional groups attached to an aromatic ring is 2. The fourth-order valence-corrected chi connectivity index (χ4v) is 2.14. The maximum absolute atomic E-state index is 5.57. The molecule has 0 atom stereocenters. The van der Waals surface area contributed by atoms with Gasteiger partial charge in [0.15, 0.2) is 0 Å². The van der Waals surface area contributed by atoms with E-state index in [9.17, 15) is 0 Å². The average molecular weight is 272 g/mol. The molecule has 4 N–H and O–H groups in total. The van der Waals surface area contributed by atoms with Crippen molar-refractivity contribution in [1.29, 1.82) is 0 Å². The molecule has 20 heavy (non-hydrogen) atoms. The predicted molar refractivity (Wildman–Crippen MR) is 79.7 cm³/mol. The van der Waals surface area contributed by atoms with Crippen molar-refractivity contribution in [3.63, 3.8) is 0 Å². The number of aryl methyl sites for hydroxylation is 2. The van der Waals surface area contributed by atoms with Gasteiger partial charge in [-0.2, -0.15) is 15.0 Å². The number of hydrogen-bond acceptors (Lipinski definition) is 6. The highest BCUT2D eigenvalue weighted by molar-refractivity contribution is 5.30. The molecule has 0 aliphatic heterocycles. The summed E-state index contributed by atoms with van der Waals surface area (Å²) in [5, 5.41) is 0. The van der Waals surface area contributed by atoms with Crippen LogP contribution in [0.25, 0.3) is 0 Å². The van der Waals surface area contributed by atoms with Crippen LogP contribution in [-0.2, 0) is 13.1 Å². The van der Waals surface area contributed by atoms with E-state index in [1.54, 1.807) is 0 Å². The Kier molecular flexibility index (Phi) is 4.14. The monoisotopic (exact) mass is 272 g/mol. The molecule has 0 unspecified atom stereocenters. The third-order valence-electron chi connectivity index (χ3n) is 3.07. The van der Waals surface area contributed by atoms with Crippen LogP contribution in [0.1, 0.15) is 22.5 Å². The zero-order valence-corrected chi connectivity index (χ0v) is 12.1. The third kappa shape index (κ3) is 3.64. The SMILES string of the molecule is Cc1ccc(CN(C)Cc2nc(N)nc(N)n2)c(C)c1. The van der Waals surface area contributed by atoms with Gasteiger partial charge in [0, 0.05) is 6.54 Å². The summed E-state index contributed by atoms with van der Waals surface area (Å²) in [4.78, 5) is 14.1. The van der Waals surface area contributed by atoms with Crippen LogP contribution in [0.5, 0.6) is 0 Å². The number of benzene rings is 1.